The summed E-state index contributed by atoms with van der Waals surface area (Å²) in [6, 6.07) is 0. The van der Waals surface area contributed by atoms with Crippen molar-refractivity contribution in [3.05, 3.63) is 0 Å². The first-order valence-corrected chi connectivity index (χ1v) is 8.48. The van der Waals surface area contributed by atoms with Gasteiger partial charge in [0, 0.05) is 32.3 Å². The molecule has 0 fully saturated rings. The van der Waals surface area contributed by atoms with E-state index in [9.17, 15) is 9.59 Å². The Morgan fingerprint density at radius 3 is 1.18 bits per heavy atom. The van der Waals surface area contributed by atoms with Crippen molar-refractivity contribution in [1.29, 1.82) is 0 Å². The van der Waals surface area contributed by atoms with Gasteiger partial charge in [0.2, 0.25) is 0 Å². The van der Waals surface area contributed by atoms with Gasteiger partial charge in [-0.1, -0.05) is 71.6 Å². The second-order valence-corrected chi connectivity index (χ2v) is 5.47. The molecule has 0 unspecified atom stereocenters. The number of rotatable bonds is 13. The number of unbranched alkanes of at least 4 members (excludes halogenated alkanes) is 9. The van der Waals surface area contributed by atoms with Crippen LogP contribution in [-0.2, 0) is 29.1 Å². The van der Waals surface area contributed by atoms with Crippen LogP contribution in [0.4, 0.5) is 0 Å². The minimum Gasteiger partial charge on any atom is -0.481 e. The van der Waals surface area contributed by atoms with Gasteiger partial charge >= 0.3 is 11.9 Å². The summed E-state index contributed by atoms with van der Waals surface area (Å²) in [5.41, 5.74) is 0. The zero-order valence-electron chi connectivity index (χ0n) is 14.6. The van der Waals surface area contributed by atoms with Crippen LogP contribution in [0.2, 0.25) is 0 Å². The SMILES string of the molecule is CCCCCCC(=O)O.CCCCCCCCCC(=O)O.[Zn]. The van der Waals surface area contributed by atoms with E-state index in [0.717, 1.165) is 32.1 Å². The van der Waals surface area contributed by atoms with E-state index in [0.29, 0.717) is 12.8 Å². The van der Waals surface area contributed by atoms with Gasteiger partial charge in [0.15, 0.2) is 0 Å². The number of aliphatic carboxylic acids is 2. The molecule has 0 bridgehead atoms. The van der Waals surface area contributed by atoms with Gasteiger partial charge in [-0.3, -0.25) is 9.59 Å². The smallest absolute Gasteiger partial charge is 0.303 e. The van der Waals surface area contributed by atoms with Crippen molar-refractivity contribution in [2.75, 3.05) is 0 Å². The summed E-state index contributed by atoms with van der Waals surface area (Å²) in [7, 11) is 0. The summed E-state index contributed by atoms with van der Waals surface area (Å²) >= 11 is 0. The third-order valence-corrected chi connectivity index (χ3v) is 3.24. The van der Waals surface area contributed by atoms with Crippen molar-refractivity contribution in [3.8, 4) is 0 Å². The predicted molar refractivity (Wildman–Crippen MR) is 86.6 cm³/mol. The summed E-state index contributed by atoms with van der Waals surface area (Å²) in [6.07, 6.45) is 13.2. The van der Waals surface area contributed by atoms with Crippen LogP contribution in [0.15, 0.2) is 0 Å². The van der Waals surface area contributed by atoms with E-state index >= 15 is 0 Å². The summed E-state index contributed by atoms with van der Waals surface area (Å²) in [5, 5.41) is 16.6. The summed E-state index contributed by atoms with van der Waals surface area (Å²) < 4.78 is 0. The van der Waals surface area contributed by atoms with E-state index in [4.69, 9.17) is 10.2 Å². The average Bonchev–Trinajstić information content (AvgIpc) is 2.43. The van der Waals surface area contributed by atoms with Gasteiger partial charge in [-0.2, -0.15) is 0 Å². The molecule has 0 heterocycles. The molecule has 0 saturated heterocycles. The average molecular weight is 368 g/mol. The molecule has 0 spiro atoms. The van der Waals surface area contributed by atoms with Crippen LogP contribution >= 0.6 is 0 Å². The first-order valence-electron chi connectivity index (χ1n) is 8.48. The molecule has 22 heavy (non-hydrogen) atoms. The zero-order valence-corrected chi connectivity index (χ0v) is 17.6. The van der Waals surface area contributed by atoms with Gasteiger partial charge in [-0.25, -0.2) is 0 Å². The maximum atomic E-state index is 10.1. The van der Waals surface area contributed by atoms with Gasteiger partial charge in [0.05, 0.1) is 0 Å². The van der Waals surface area contributed by atoms with Gasteiger partial charge in [0.1, 0.15) is 0 Å². The Morgan fingerprint density at radius 1 is 0.591 bits per heavy atom. The number of hydrogen-bond acceptors (Lipinski definition) is 2. The second kappa shape index (κ2) is 22.8. The Morgan fingerprint density at radius 2 is 0.864 bits per heavy atom. The molecule has 0 aromatic heterocycles. The molecular formula is C17H34O4Zn. The molecule has 0 aliphatic heterocycles. The first-order chi connectivity index (χ1) is 10.0. The third-order valence-electron chi connectivity index (χ3n) is 3.24. The predicted octanol–water partition coefficient (Wildman–Crippen LogP) is 5.25. The Labute approximate surface area is 148 Å². The number of hydrogen-bond donors (Lipinski definition) is 2. The van der Waals surface area contributed by atoms with Crippen LogP contribution in [0, 0.1) is 0 Å². The molecule has 0 radical (unpaired) electrons. The largest absolute Gasteiger partial charge is 0.481 e. The fourth-order valence-corrected chi connectivity index (χ4v) is 1.94. The van der Waals surface area contributed by atoms with E-state index in [1.807, 2.05) is 0 Å². The minimum absolute atomic E-state index is 0. The van der Waals surface area contributed by atoms with Crippen LogP contribution in [0.25, 0.3) is 0 Å². The normalized spacial score (nSPS) is 9.36. The molecule has 0 atom stereocenters. The Bertz CT molecular complexity index is 245. The summed E-state index contributed by atoms with van der Waals surface area (Å²) in [5.74, 6) is -1.34. The van der Waals surface area contributed by atoms with Gasteiger partial charge < -0.3 is 10.2 Å². The van der Waals surface area contributed by atoms with E-state index in [2.05, 4.69) is 13.8 Å². The molecule has 0 saturated carbocycles. The number of carboxylic acid groups (broad SMARTS) is 2. The van der Waals surface area contributed by atoms with E-state index in [1.165, 1.54) is 38.5 Å². The van der Waals surface area contributed by atoms with Crippen molar-refractivity contribution in [2.45, 2.75) is 97.3 Å². The van der Waals surface area contributed by atoms with Gasteiger partial charge in [0.25, 0.3) is 0 Å². The molecule has 2 N–H and O–H groups in total. The Hall–Kier alpha value is -0.437. The van der Waals surface area contributed by atoms with E-state index in [1.54, 1.807) is 0 Å². The zero-order chi connectivity index (χ0) is 16.3. The van der Waals surface area contributed by atoms with Crippen LogP contribution in [0.5, 0.6) is 0 Å². The molecule has 0 rings (SSSR count). The van der Waals surface area contributed by atoms with Gasteiger partial charge in [-0.15, -0.1) is 0 Å². The summed E-state index contributed by atoms with van der Waals surface area (Å²) in [6.45, 7) is 4.31. The molecule has 4 nitrogen and oxygen atoms in total. The van der Waals surface area contributed by atoms with Crippen LogP contribution < -0.4 is 0 Å². The first kappa shape index (κ1) is 26.5. The standard InChI is InChI=1S/C10H20O2.C7H14O2.Zn/c1-2-3-4-5-6-7-8-9-10(11)12;1-2-3-4-5-6-7(8)9;/h2-9H2,1H3,(H,11,12);2-6H2,1H3,(H,8,9);. The quantitative estimate of drug-likeness (QED) is 0.344. The van der Waals surface area contributed by atoms with E-state index in [-0.39, 0.29) is 19.5 Å². The van der Waals surface area contributed by atoms with Gasteiger partial charge in [-0.05, 0) is 12.8 Å². The monoisotopic (exact) mass is 366 g/mol. The van der Waals surface area contributed by atoms with Crippen molar-refractivity contribution in [1.82, 2.24) is 0 Å². The molecular weight excluding hydrogens is 334 g/mol. The van der Waals surface area contributed by atoms with Crippen molar-refractivity contribution in [3.63, 3.8) is 0 Å². The maximum absolute atomic E-state index is 10.1. The molecule has 128 valence electrons. The fourth-order valence-electron chi connectivity index (χ4n) is 1.94. The van der Waals surface area contributed by atoms with E-state index < -0.39 is 11.9 Å². The van der Waals surface area contributed by atoms with Crippen LogP contribution in [0.3, 0.4) is 0 Å². The topological polar surface area (TPSA) is 74.6 Å². The minimum atomic E-state index is -0.675. The van der Waals surface area contributed by atoms with Crippen LogP contribution in [-0.4, -0.2) is 22.2 Å². The third kappa shape index (κ3) is 31.8. The van der Waals surface area contributed by atoms with Crippen LogP contribution in [0.1, 0.15) is 97.3 Å². The van der Waals surface area contributed by atoms with Crippen molar-refractivity contribution >= 4 is 11.9 Å². The molecule has 0 aromatic rings. The summed E-state index contributed by atoms with van der Waals surface area (Å²) in [4.78, 5) is 20.1. The molecule has 0 amide bonds. The van der Waals surface area contributed by atoms with Crippen molar-refractivity contribution in [2.24, 2.45) is 0 Å². The molecule has 0 aliphatic carbocycles. The second-order valence-electron chi connectivity index (χ2n) is 5.47. The van der Waals surface area contributed by atoms with Crippen molar-refractivity contribution < 1.29 is 39.3 Å². The Kier molecular flexibility index (Phi) is 27.5. The number of carboxylic acids is 2. The number of carbonyl (C=O) groups is 2. The Balaban J connectivity index is -0.000000326. The molecule has 0 aliphatic rings. The molecule has 0 aromatic carbocycles. The fraction of sp³-hybridized carbons (Fsp3) is 0.882. The molecule has 5 heteroatoms. The maximum Gasteiger partial charge on any atom is 0.303 e.